The molecule has 0 aliphatic heterocycles. The van der Waals surface area contributed by atoms with E-state index in [4.69, 9.17) is 0 Å². The van der Waals surface area contributed by atoms with E-state index >= 15 is 0 Å². The molecule has 10 heteroatoms. The molecule has 2 nitrogen and oxygen atoms in total. The van der Waals surface area contributed by atoms with Crippen LogP contribution in [0, 0.1) is 0 Å². The zero-order valence-corrected chi connectivity index (χ0v) is 77.8. The van der Waals surface area contributed by atoms with Crippen LogP contribution < -0.4 is 51.3 Å². The molecule has 0 amide bonds. The number of hydrogen-bond acceptors (Lipinski definition) is 2. The third-order valence-corrected chi connectivity index (χ3v) is 74.7. The number of hydrogen-bond donors (Lipinski definition) is 0. The molecule has 0 spiro atoms. The zero-order chi connectivity index (χ0) is 74.0. The molecule has 0 heterocycles. The molecule has 0 fully saturated rings. The molecule has 0 radical (unpaired) electrons. The van der Waals surface area contributed by atoms with Gasteiger partial charge in [0.05, 0.1) is 76.0 Å². The summed E-state index contributed by atoms with van der Waals surface area (Å²) in [6.07, 6.45) is 0. The maximum absolute atomic E-state index is 3.00. The maximum atomic E-state index is 3.00. The lowest BCUT2D eigenvalue weighted by atomic mass is 9.84. The van der Waals surface area contributed by atoms with Gasteiger partial charge in [0.25, 0.3) is 0 Å². The fraction of sp³-hybridized carbons (Fsp3) is 0.578. The van der Waals surface area contributed by atoms with Gasteiger partial charge in [-0.3, -0.25) is 0 Å². The van der Waals surface area contributed by atoms with Crippen molar-refractivity contribution < 1.29 is 0 Å². The minimum atomic E-state index is -1.97. The van der Waals surface area contributed by atoms with E-state index in [-0.39, 0.29) is 5.41 Å². The van der Waals surface area contributed by atoms with E-state index in [9.17, 15) is 0 Å². The summed E-state index contributed by atoms with van der Waals surface area (Å²) < 4.78 is 0. The molecule has 0 aromatic heterocycles. The highest BCUT2D eigenvalue weighted by molar-refractivity contribution is 6.97. The van der Waals surface area contributed by atoms with Crippen LogP contribution in [0.15, 0.2) is 115 Å². The van der Waals surface area contributed by atoms with Crippen LogP contribution in [0.1, 0.15) is 193 Å². The van der Waals surface area contributed by atoms with Crippen LogP contribution in [0.4, 0.5) is 34.1 Å². The van der Waals surface area contributed by atoms with Gasteiger partial charge in [-0.1, -0.05) is 434 Å². The molecule has 7 rings (SSSR count). The van der Waals surface area contributed by atoms with Gasteiger partial charge in [-0.2, -0.15) is 0 Å². The first-order valence-electron chi connectivity index (χ1n) is 42.0. The standard InChI is InChI=1S/C90H148N2Si8/c1-28-93(29-2,30-3)76-59-72(60-77(67-76)94(31-4,32-5)33-6)91(73-61-78(95(34-7,35-8)36-9)68-79(62-73)96(37-10,38-11)39-12)88-84-54-52-53-55-85(84)89(87-58-71(90(25,26)27)56-57-86(87)88)92(74-63-80(97(40-13,41-14)42-15)69-81(64-74)98(43-16,44-17)45-18)75-65-82(99(46-19,47-20)48-21)70-83(66-75)100(49-22,50-23)51-24/h52-70H,28-51H2,1-27H3. The number of fused-ring (bicyclic) bond motifs is 2. The third kappa shape index (κ3) is 15.0. The van der Waals surface area contributed by atoms with E-state index in [2.05, 4.69) is 312 Å². The van der Waals surface area contributed by atoms with Gasteiger partial charge in [0.2, 0.25) is 0 Å². The highest BCUT2D eigenvalue weighted by Gasteiger charge is 2.42. The van der Waals surface area contributed by atoms with Gasteiger partial charge in [-0.15, -0.1) is 0 Å². The second-order valence-electron chi connectivity index (χ2n) is 32.7. The second-order valence-corrected chi connectivity index (χ2v) is 74.8. The Labute approximate surface area is 625 Å². The van der Waals surface area contributed by atoms with E-state index in [1.807, 2.05) is 0 Å². The van der Waals surface area contributed by atoms with Crippen molar-refractivity contribution in [3.63, 3.8) is 0 Å². The molecule has 0 aliphatic rings. The molecule has 0 unspecified atom stereocenters. The summed E-state index contributed by atoms with van der Waals surface area (Å²) in [4.78, 5) is 6.00. The molecular weight excluding hydrogens is 1330 g/mol. The summed E-state index contributed by atoms with van der Waals surface area (Å²) in [7, 11) is -15.7. The number of nitrogens with zero attached hydrogens (tertiary/aromatic N) is 2. The fourth-order valence-electron chi connectivity index (χ4n) is 20.2. The quantitative estimate of drug-likeness (QED) is 0.0216. The van der Waals surface area contributed by atoms with Crippen molar-refractivity contribution in [3.8, 4) is 0 Å². The van der Waals surface area contributed by atoms with Gasteiger partial charge >= 0.3 is 0 Å². The summed E-state index contributed by atoms with van der Waals surface area (Å²) in [5.41, 5.74) is 9.70. The fourth-order valence-corrected chi connectivity index (χ4v) is 49.9. The topological polar surface area (TPSA) is 6.48 Å². The lowest BCUT2D eigenvalue weighted by molar-refractivity contribution is 0.591. The van der Waals surface area contributed by atoms with Crippen molar-refractivity contribution in [1.82, 2.24) is 0 Å². The van der Waals surface area contributed by atoms with E-state index in [0.717, 1.165) is 0 Å². The van der Waals surface area contributed by atoms with Crippen molar-refractivity contribution in [2.24, 2.45) is 0 Å². The van der Waals surface area contributed by atoms with Crippen LogP contribution in [-0.4, -0.2) is 64.6 Å². The summed E-state index contributed by atoms with van der Waals surface area (Å²) >= 11 is 0. The highest BCUT2D eigenvalue weighted by atomic mass is 28.3. The van der Waals surface area contributed by atoms with Gasteiger partial charge < -0.3 is 9.80 Å². The minimum absolute atomic E-state index is 0.105. The molecule has 0 saturated carbocycles. The minimum Gasteiger partial charge on any atom is -0.309 e. The Kier molecular flexibility index (Phi) is 29.1. The Bertz CT molecular complexity index is 3410. The number of anilines is 6. The number of benzene rings is 7. The first-order chi connectivity index (χ1) is 47.8. The lowest BCUT2D eigenvalue weighted by Crippen LogP contribution is -2.52. The van der Waals surface area contributed by atoms with E-state index in [1.165, 1.54) is 206 Å². The van der Waals surface area contributed by atoms with Gasteiger partial charge in [0, 0.05) is 44.3 Å². The van der Waals surface area contributed by atoms with E-state index in [1.54, 1.807) is 41.5 Å². The molecule has 550 valence electrons. The van der Waals surface area contributed by atoms with Crippen molar-refractivity contribution >= 4 is 162 Å². The lowest BCUT2D eigenvalue weighted by Gasteiger charge is -2.40. The zero-order valence-electron chi connectivity index (χ0n) is 69.8. The molecule has 0 saturated heterocycles. The highest BCUT2D eigenvalue weighted by Crippen LogP contribution is 2.53. The Morgan fingerprint density at radius 2 is 0.380 bits per heavy atom. The first-order valence-corrected chi connectivity index (χ1v) is 63.0. The summed E-state index contributed by atoms with van der Waals surface area (Å²) in [6.45, 7) is 68.8. The van der Waals surface area contributed by atoms with E-state index < -0.39 is 64.6 Å². The van der Waals surface area contributed by atoms with Crippen LogP contribution in [-0.2, 0) is 5.41 Å². The third-order valence-electron chi connectivity index (χ3n) is 30.1. The monoisotopic (exact) mass is 1480 g/mol. The van der Waals surface area contributed by atoms with Gasteiger partial charge in [-0.05, 0) is 65.6 Å². The predicted octanol–water partition coefficient (Wildman–Crippen LogP) is 26.0. The maximum Gasteiger partial charge on any atom is 0.0860 e. The number of rotatable bonds is 38. The second kappa shape index (κ2) is 34.8. The molecule has 0 atom stereocenters. The van der Waals surface area contributed by atoms with E-state index in [0.29, 0.717) is 0 Å². The van der Waals surface area contributed by atoms with Crippen LogP contribution in [0.3, 0.4) is 0 Å². The Balaban J connectivity index is 1.97. The van der Waals surface area contributed by atoms with Crippen molar-refractivity contribution in [2.45, 2.75) is 337 Å². The molecule has 7 aromatic rings. The molecular formula is C90H148N2Si8. The SMILES string of the molecule is CC[Si](CC)(CC)c1cc(N(c2cc([Si](CC)(CC)CC)cc([Si](CC)(CC)CC)c2)c2c3ccccc3c(N(c3cc([Si](CC)(CC)CC)cc([Si](CC)(CC)CC)c3)c3cc([Si](CC)(CC)CC)cc([Si](CC)(CC)CC)c3)c3cc(C(C)(C)C)ccc23)cc([Si](CC)(CC)CC)c1. The molecule has 100 heavy (non-hydrogen) atoms. The Morgan fingerprint density at radius 3 is 0.550 bits per heavy atom. The van der Waals surface area contributed by atoms with Crippen LogP contribution in [0.5, 0.6) is 0 Å². The molecule has 0 N–H and O–H groups in total. The molecule has 7 aromatic carbocycles. The summed E-state index contributed by atoms with van der Waals surface area (Å²) in [5, 5.41) is 19.1. The Hall–Kier alpha value is -3.60. The van der Waals surface area contributed by atoms with Crippen molar-refractivity contribution in [1.29, 1.82) is 0 Å². The van der Waals surface area contributed by atoms with Crippen LogP contribution >= 0.6 is 0 Å². The van der Waals surface area contributed by atoms with Gasteiger partial charge in [0.1, 0.15) is 0 Å². The first kappa shape index (κ1) is 83.7. The van der Waals surface area contributed by atoms with Crippen LogP contribution in [0.25, 0.3) is 21.5 Å². The summed E-state index contributed by atoms with van der Waals surface area (Å²) in [6, 6.07) is 82.6. The van der Waals surface area contributed by atoms with Crippen molar-refractivity contribution in [3.05, 3.63) is 121 Å². The molecule has 0 aliphatic carbocycles. The average molecular weight is 1480 g/mol. The smallest absolute Gasteiger partial charge is 0.0860 e. The normalized spacial score (nSPS) is 13.3. The van der Waals surface area contributed by atoms with Crippen LogP contribution in [0.2, 0.25) is 145 Å². The van der Waals surface area contributed by atoms with Gasteiger partial charge in [-0.25, -0.2) is 0 Å². The molecule has 0 bridgehead atoms. The van der Waals surface area contributed by atoms with Crippen molar-refractivity contribution in [2.75, 3.05) is 9.80 Å². The predicted molar refractivity (Wildman–Crippen MR) is 484 cm³/mol. The summed E-state index contributed by atoms with van der Waals surface area (Å²) in [5.74, 6) is 0. The average Bonchev–Trinajstić information content (AvgIpc) is 0.713. The van der Waals surface area contributed by atoms with Gasteiger partial charge in [0.15, 0.2) is 0 Å². The largest absolute Gasteiger partial charge is 0.309 e. The Morgan fingerprint density at radius 1 is 0.210 bits per heavy atom.